The van der Waals surface area contributed by atoms with Crippen LogP contribution in [-0.2, 0) is 6.42 Å². The molecule has 1 heterocycles. The second-order valence-electron chi connectivity index (χ2n) is 4.28. The third kappa shape index (κ3) is 4.31. The molecule has 0 saturated heterocycles. The first-order valence-electron chi connectivity index (χ1n) is 6.42. The van der Waals surface area contributed by atoms with Crippen LogP contribution in [0.2, 0.25) is 0 Å². The number of alkyl halides is 1. The molecule has 1 aromatic carbocycles. The molecule has 0 aliphatic rings. The number of hydrogen-bond acceptors (Lipinski definition) is 3. The van der Waals surface area contributed by atoms with Gasteiger partial charge in [-0.2, -0.15) is 0 Å². The molecule has 1 atom stereocenters. The molecule has 0 N–H and O–H groups in total. The van der Waals surface area contributed by atoms with Crippen LogP contribution in [0.25, 0.3) is 0 Å². The van der Waals surface area contributed by atoms with Gasteiger partial charge in [0, 0.05) is 23.0 Å². The van der Waals surface area contributed by atoms with Crippen molar-refractivity contribution in [1.82, 2.24) is 9.97 Å². The Morgan fingerprint density at radius 3 is 2.74 bits per heavy atom. The van der Waals surface area contributed by atoms with Crippen molar-refractivity contribution in [3.8, 4) is 5.88 Å². The zero-order valence-corrected chi connectivity index (χ0v) is 12.5. The van der Waals surface area contributed by atoms with Gasteiger partial charge < -0.3 is 4.74 Å². The SMILES string of the molecule is CCCOc1cc(CC(Br)c2ccccc2)ncn1. The maximum absolute atomic E-state index is 5.52. The molecule has 100 valence electrons. The highest BCUT2D eigenvalue weighted by atomic mass is 79.9. The molecular formula is C15H17BrN2O. The summed E-state index contributed by atoms with van der Waals surface area (Å²) in [4.78, 5) is 8.65. The predicted molar refractivity (Wildman–Crippen MR) is 79.6 cm³/mol. The fourth-order valence-corrected chi connectivity index (χ4v) is 2.37. The molecule has 0 fully saturated rings. The van der Waals surface area contributed by atoms with Gasteiger partial charge in [-0.05, 0) is 12.0 Å². The van der Waals surface area contributed by atoms with E-state index in [0.29, 0.717) is 12.5 Å². The molecule has 0 aliphatic carbocycles. The van der Waals surface area contributed by atoms with Crippen LogP contribution < -0.4 is 4.74 Å². The summed E-state index contributed by atoms with van der Waals surface area (Å²) in [5, 5.41) is 0. The van der Waals surface area contributed by atoms with Gasteiger partial charge in [0.05, 0.1) is 6.61 Å². The van der Waals surface area contributed by atoms with Crippen LogP contribution in [0.4, 0.5) is 0 Å². The second-order valence-corrected chi connectivity index (χ2v) is 5.38. The molecule has 0 radical (unpaired) electrons. The quantitative estimate of drug-likeness (QED) is 0.756. The van der Waals surface area contributed by atoms with Crippen molar-refractivity contribution in [3.63, 3.8) is 0 Å². The van der Waals surface area contributed by atoms with Gasteiger partial charge in [0.15, 0.2) is 0 Å². The molecule has 1 unspecified atom stereocenters. The van der Waals surface area contributed by atoms with Crippen molar-refractivity contribution in [2.45, 2.75) is 24.6 Å². The summed E-state index contributed by atoms with van der Waals surface area (Å²) in [6, 6.07) is 12.2. The molecule has 3 nitrogen and oxygen atoms in total. The van der Waals surface area contributed by atoms with Gasteiger partial charge in [-0.25, -0.2) is 9.97 Å². The van der Waals surface area contributed by atoms with Crippen LogP contribution in [0, 0.1) is 0 Å². The fraction of sp³-hybridized carbons (Fsp3) is 0.333. The standard InChI is InChI=1S/C15H17BrN2O/c1-2-8-19-15-10-13(17-11-18-15)9-14(16)12-6-4-3-5-7-12/h3-7,10-11,14H,2,8-9H2,1H3. The highest BCUT2D eigenvalue weighted by Crippen LogP contribution is 2.26. The second kappa shape index (κ2) is 7.24. The number of hydrogen-bond donors (Lipinski definition) is 0. The van der Waals surface area contributed by atoms with E-state index in [1.807, 2.05) is 24.3 Å². The van der Waals surface area contributed by atoms with Gasteiger partial charge in [0.1, 0.15) is 6.33 Å². The number of benzene rings is 1. The maximum Gasteiger partial charge on any atom is 0.216 e. The van der Waals surface area contributed by atoms with E-state index < -0.39 is 0 Å². The van der Waals surface area contributed by atoms with Crippen molar-refractivity contribution < 1.29 is 4.74 Å². The molecule has 0 bridgehead atoms. The Hall–Kier alpha value is -1.42. The molecule has 2 rings (SSSR count). The Morgan fingerprint density at radius 1 is 1.21 bits per heavy atom. The molecule has 0 aliphatic heterocycles. The molecule has 0 amide bonds. The summed E-state index contributed by atoms with van der Waals surface area (Å²) in [7, 11) is 0. The van der Waals surface area contributed by atoms with Crippen LogP contribution in [0.3, 0.4) is 0 Å². The zero-order valence-electron chi connectivity index (χ0n) is 10.9. The number of halogens is 1. The van der Waals surface area contributed by atoms with Gasteiger partial charge in [0.2, 0.25) is 5.88 Å². The van der Waals surface area contributed by atoms with E-state index in [9.17, 15) is 0 Å². The lowest BCUT2D eigenvalue weighted by Gasteiger charge is -2.10. The lowest BCUT2D eigenvalue weighted by Crippen LogP contribution is -2.02. The first-order valence-corrected chi connectivity index (χ1v) is 7.34. The van der Waals surface area contributed by atoms with E-state index in [1.165, 1.54) is 5.56 Å². The minimum absolute atomic E-state index is 0.252. The Kier molecular flexibility index (Phi) is 5.33. The van der Waals surface area contributed by atoms with E-state index in [4.69, 9.17) is 4.74 Å². The Bertz CT molecular complexity index is 505. The smallest absolute Gasteiger partial charge is 0.216 e. The minimum atomic E-state index is 0.252. The van der Waals surface area contributed by atoms with Crippen LogP contribution in [-0.4, -0.2) is 16.6 Å². The lowest BCUT2D eigenvalue weighted by atomic mass is 10.1. The van der Waals surface area contributed by atoms with Crippen molar-refractivity contribution >= 4 is 15.9 Å². The number of nitrogens with zero attached hydrogens (tertiary/aromatic N) is 2. The Labute approximate surface area is 122 Å². The molecule has 0 spiro atoms. The van der Waals surface area contributed by atoms with Gasteiger partial charge >= 0.3 is 0 Å². The summed E-state index contributed by atoms with van der Waals surface area (Å²) < 4.78 is 5.52. The summed E-state index contributed by atoms with van der Waals surface area (Å²) in [6.07, 6.45) is 3.35. The minimum Gasteiger partial charge on any atom is -0.478 e. The molecule has 0 saturated carbocycles. The van der Waals surface area contributed by atoms with E-state index in [1.54, 1.807) is 6.33 Å². The molecule has 2 aromatic rings. The van der Waals surface area contributed by atoms with E-state index in [0.717, 1.165) is 18.5 Å². The van der Waals surface area contributed by atoms with E-state index >= 15 is 0 Å². The van der Waals surface area contributed by atoms with Gasteiger partial charge in [-0.1, -0.05) is 53.2 Å². The van der Waals surface area contributed by atoms with Crippen molar-refractivity contribution in [3.05, 3.63) is 54.0 Å². The van der Waals surface area contributed by atoms with Crippen LogP contribution >= 0.6 is 15.9 Å². The topological polar surface area (TPSA) is 35.0 Å². The third-order valence-corrected chi connectivity index (χ3v) is 3.55. The summed E-state index contributed by atoms with van der Waals surface area (Å²) in [5.74, 6) is 0.652. The molecule has 4 heteroatoms. The van der Waals surface area contributed by atoms with Crippen molar-refractivity contribution in [1.29, 1.82) is 0 Å². The van der Waals surface area contributed by atoms with Gasteiger partial charge in [-0.15, -0.1) is 0 Å². The van der Waals surface area contributed by atoms with Crippen LogP contribution in [0.15, 0.2) is 42.7 Å². The number of rotatable bonds is 6. The average molecular weight is 321 g/mol. The fourth-order valence-electron chi connectivity index (χ4n) is 1.74. The Balaban J connectivity index is 2.02. The predicted octanol–water partition coefficient (Wildman–Crippen LogP) is 3.94. The number of ether oxygens (including phenoxy) is 1. The number of aromatic nitrogens is 2. The zero-order chi connectivity index (χ0) is 13.5. The largest absolute Gasteiger partial charge is 0.478 e. The van der Waals surface area contributed by atoms with E-state index in [-0.39, 0.29) is 4.83 Å². The highest BCUT2D eigenvalue weighted by Gasteiger charge is 2.10. The van der Waals surface area contributed by atoms with Crippen molar-refractivity contribution in [2.24, 2.45) is 0 Å². The normalized spacial score (nSPS) is 12.1. The first-order chi connectivity index (χ1) is 9.29. The molecule has 19 heavy (non-hydrogen) atoms. The third-order valence-electron chi connectivity index (χ3n) is 2.70. The highest BCUT2D eigenvalue weighted by molar-refractivity contribution is 9.09. The first kappa shape index (κ1) is 14.0. The molecule has 1 aromatic heterocycles. The van der Waals surface area contributed by atoms with Gasteiger partial charge in [-0.3, -0.25) is 0 Å². The molecular weight excluding hydrogens is 304 g/mol. The Morgan fingerprint density at radius 2 is 2.00 bits per heavy atom. The summed E-state index contributed by atoms with van der Waals surface area (Å²) in [5.41, 5.74) is 2.23. The van der Waals surface area contributed by atoms with Gasteiger partial charge in [0.25, 0.3) is 0 Å². The monoisotopic (exact) mass is 320 g/mol. The average Bonchev–Trinajstić information content (AvgIpc) is 2.46. The van der Waals surface area contributed by atoms with E-state index in [2.05, 4.69) is 45.0 Å². The van der Waals surface area contributed by atoms with Crippen LogP contribution in [0.5, 0.6) is 5.88 Å². The maximum atomic E-state index is 5.52. The lowest BCUT2D eigenvalue weighted by molar-refractivity contribution is 0.304. The van der Waals surface area contributed by atoms with Crippen LogP contribution in [0.1, 0.15) is 29.4 Å². The van der Waals surface area contributed by atoms with Crippen molar-refractivity contribution in [2.75, 3.05) is 6.61 Å². The summed E-state index contributed by atoms with van der Waals surface area (Å²) >= 11 is 3.70. The summed E-state index contributed by atoms with van der Waals surface area (Å²) in [6.45, 7) is 2.76.